The van der Waals surface area contributed by atoms with Crippen LogP contribution in [-0.2, 0) is 28.9 Å². The Morgan fingerprint density at radius 3 is 2.61 bits per heavy atom. The van der Waals surface area contributed by atoms with Crippen LogP contribution in [0.5, 0.6) is 0 Å². The van der Waals surface area contributed by atoms with Gasteiger partial charge in [0.15, 0.2) is 0 Å². The Balaban J connectivity index is 1.50. The molecule has 1 atom stereocenters. The van der Waals surface area contributed by atoms with Gasteiger partial charge in [-0.25, -0.2) is 4.39 Å². The van der Waals surface area contributed by atoms with Gasteiger partial charge in [-0.05, 0) is 41.8 Å². The molecule has 2 N–H and O–H groups in total. The van der Waals surface area contributed by atoms with Gasteiger partial charge < -0.3 is 10.2 Å². The van der Waals surface area contributed by atoms with Crippen molar-refractivity contribution >= 4 is 23.6 Å². The summed E-state index contributed by atoms with van der Waals surface area (Å²) in [5.74, 6) is -3.67. The van der Waals surface area contributed by atoms with E-state index in [9.17, 15) is 36.7 Å². The van der Waals surface area contributed by atoms with Crippen LogP contribution in [0.3, 0.4) is 0 Å². The van der Waals surface area contributed by atoms with E-state index in [2.05, 4.69) is 10.6 Å². The zero-order chi connectivity index (χ0) is 23.9. The SMILES string of the molecule is O=C1CCC(N2Cc3c(CNC(=O)c4ccc(F)c(C(F)(F)F)c4)cccc3C2=O)C(=O)N1. The maximum Gasteiger partial charge on any atom is 0.419 e. The summed E-state index contributed by atoms with van der Waals surface area (Å²) in [6, 6.07) is 5.97. The Labute approximate surface area is 184 Å². The minimum absolute atomic E-state index is 0.0846. The number of rotatable bonds is 4. The minimum Gasteiger partial charge on any atom is -0.348 e. The molecule has 7 nitrogen and oxygen atoms in total. The third-order valence-electron chi connectivity index (χ3n) is 5.65. The molecule has 2 aromatic rings. The number of halogens is 4. The van der Waals surface area contributed by atoms with E-state index in [0.717, 1.165) is 6.07 Å². The second-order valence-corrected chi connectivity index (χ2v) is 7.72. The minimum atomic E-state index is -4.94. The first-order chi connectivity index (χ1) is 15.6. The molecule has 0 aromatic heterocycles. The molecule has 33 heavy (non-hydrogen) atoms. The molecule has 4 amide bonds. The number of hydrogen-bond acceptors (Lipinski definition) is 4. The summed E-state index contributed by atoms with van der Waals surface area (Å²) in [7, 11) is 0. The summed E-state index contributed by atoms with van der Waals surface area (Å²) >= 11 is 0. The molecule has 0 aliphatic carbocycles. The number of carbonyl (C=O) groups excluding carboxylic acids is 4. The first-order valence-corrected chi connectivity index (χ1v) is 9.96. The predicted octanol–water partition coefficient (Wildman–Crippen LogP) is 2.54. The van der Waals surface area contributed by atoms with E-state index in [-0.39, 0.29) is 37.4 Å². The van der Waals surface area contributed by atoms with Gasteiger partial charge >= 0.3 is 6.18 Å². The van der Waals surface area contributed by atoms with Gasteiger partial charge in [-0.2, -0.15) is 13.2 Å². The molecule has 11 heteroatoms. The Morgan fingerprint density at radius 2 is 1.91 bits per heavy atom. The lowest BCUT2D eigenvalue weighted by Gasteiger charge is -2.29. The smallest absolute Gasteiger partial charge is 0.348 e. The van der Waals surface area contributed by atoms with Gasteiger partial charge in [0.25, 0.3) is 11.8 Å². The van der Waals surface area contributed by atoms with Gasteiger partial charge in [0.1, 0.15) is 11.9 Å². The fourth-order valence-electron chi connectivity index (χ4n) is 3.98. The van der Waals surface area contributed by atoms with Crippen LogP contribution in [0.15, 0.2) is 36.4 Å². The van der Waals surface area contributed by atoms with Crippen LogP contribution in [0.25, 0.3) is 0 Å². The molecule has 1 unspecified atom stereocenters. The van der Waals surface area contributed by atoms with Gasteiger partial charge in [-0.15, -0.1) is 0 Å². The summed E-state index contributed by atoms with van der Waals surface area (Å²) in [6.45, 7) is -0.0154. The largest absolute Gasteiger partial charge is 0.419 e. The van der Waals surface area contributed by atoms with Crippen LogP contribution >= 0.6 is 0 Å². The average Bonchev–Trinajstić information content (AvgIpc) is 3.08. The normalized spacial score (nSPS) is 18.2. The molecule has 2 aromatic carbocycles. The first kappa shape index (κ1) is 22.4. The molecule has 4 rings (SSSR count). The van der Waals surface area contributed by atoms with E-state index >= 15 is 0 Å². The van der Waals surface area contributed by atoms with E-state index in [1.807, 2.05) is 0 Å². The van der Waals surface area contributed by atoms with Gasteiger partial charge in [0, 0.05) is 30.6 Å². The van der Waals surface area contributed by atoms with Crippen molar-refractivity contribution in [2.45, 2.75) is 38.1 Å². The van der Waals surface area contributed by atoms with Crippen molar-refractivity contribution in [2.75, 3.05) is 0 Å². The van der Waals surface area contributed by atoms with E-state index in [0.29, 0.717) is 28.8 Å². The summed E-state index contributed by atoms with van der Waals surface area (Å²) < 4.78 is 52.2. The van der Waals surface area contributed by atoms with E-state index in [4.69, 9.17) is 0 Å². The number of amides is 4. The van der Waals surface area contributed by atoms with E-state index < -0.39 is 41.3 Å². The summed E-state index contributed by atoms with van der Waals surface area (Å²) in [6.07, 6.45) is -4.64. The quantitative estimate of drug-likeness (QED) is 0.538. The van der Waals surface area contributed by atoms with Crippen molar-refractivity contribution in [2.24, 2.45) is 0 Å². The van der Waals surface area contributed by atoms with Gasteiger partial charge in [-0.1, -0.05) is 12.1 Å². The van der Waals surface area contributed by atoms with Crippen molar-refractivity contribution in [1.82, 2.24) is 15.5 Å². The lowest BCUT2D eigenvalue weighted by Crippen LogP contribution is -2.52. The van der Waals surface area contributed by atoms with Crippen LogP contribution < -0.4 is 10.6 Å². The summed E-state index contributed by atoms with van der Waals surface area (Å²) in [5.41, 5.74) is -0.448. The third kappa shape index (κ3) is 4.30. The van der Waals surface area contributed by atoms with Crippen LogP contribution in [0.2, 0.25) is 0 Å². The monoisotopic (exact) mass is 463 g/mol. The van der Waals surface area contributed by atoms with Crippen molar-refractivity contribution in [3.63, 3.8) is 0 Å². The molecule has 2 aliphatic rings. The number of alkyl halides is 3. The number of nitrogens with zero attached hydrogens (tertiary/aromatic N) is 1. The van der Waals surface area contributed by atoms with Crippen molar-refractivity contribution in [3.05, 3.63) is 70.0 Å². The van der Waals surface area contributed by atoms with Crippen molar-refractivity contribution in [1.29, 1.82) is 0 Å². The molecule has 1 saturated heterocycles. The fourth-order valence-corrected chi connectivity index (χ4v) is 3.98. The second kappa shape index (κ2) is 8.30. The number of fused-ring (bicyclic) bond motifs is 1. The lowest BCUT2D eigenvalue weighted by atomic mass is 10.0. The van der Waals surface area contributed by atoms with Gasteiger partial charge in [-0.3, -0.25) is 24.5 Å². The van der Waals surface area contributed by atoms with Crippen LogP contribution in [0.1, 0.15) is 50.2 Å². The van der Waals surface area contributed by atoms with E-state index in [1.54, 1.807) is 18.2 Å². The van der Waals surface area contributed by atoms with Crippen LogP contribution in [0, 0.1) is 5.82 Å². The van der Waals surface area contributed by atoms with Crippen LogP contribution in [0.4, 0.5) is 17.6 Å². The van der Waals surface area contributed by atoms with Crippen molar-refractivity contribution in [3.8, 4) is 0 Å². The molecule has 1 fully saturated rings. The highest BCUT2D eigenvalue weighted by molar-refractivity contribution is 6.05. The molecule has 0 saturated carbocycles. The number of benzene rings is 2. The highest BCUT2D eigenvalue weighted by Crippen LogP contribution is 2.32. The molecule has 0 bridgehead atoms. The third-order valence-corrected chi connectivity index (χ3v) is 5.65. The molecule has 0 spiro atoms. The Hall–Kier alpha value is -3.76. The number of carbonyl (C=O) groups is 4. The Morgan fingerprint density at radius 1 is 1.15 bits per heavy atom. The first-order valence-electron chi connectivity index (χ1n) is 9.96. The van der Waals surface area contributed by atoms with E-state index in [1.165, 1.54) is 4.90 Å². The second-order valence-electron chi connectivity index (χ2n) is 7.72. The molecule has 2 aliphatic heterocycles. The Bertz CT molecular complexity index is 1180. The molecular weight excluding hydrogens is 446 g/mol. The molecular formula is C22H17F4N3O4. The topological polar surface area (TPSA) is 95.6 Å². The number of piperidine rings is 1. The zero-order valence-corrected chi connectivity index (χ0v) is 17.0. The average molecular weight is 463 g/mol. The zero-order valence-electron chi connectivity index (χ0n) is 17.0. The molecule has 2 heterocycles. The summed E-state index contributed by atoms with van der Waals surface area (Å²) in [4.78, 5) is 50.1. The highest BCUT2D eigenvalue weighted by Gasteiger charge is 2.40. The fraction of sp³-hybridized carbons (Fsp3) is 0.273. The predicted molar refractivity (Wildman–Crippen MR) is 105 cm³/mol. The standard InChI is InChI=1S/C22H17F4N3O4/c23-16-5-4-11(8-15(16)22(24,25)26)19(31)27-9-12-2-1-3-13-14(12)10-29(21(13)33)17-6-7-18(30)28-20(17)32/h1-5,8,17H,6-7,9-10H2,(H,27,31)(H,28,30,32). The molecule has 0 radical (unpaired) electrons. The summed E-state index contributed by atoms with van der Waals surface area (Å²) in [5, 5.41) is 4.69. The maximum atomic E-state index is 13.5. The van der Waals surface area contributed by atoms with Gasteiger partial charge in [0.05, 0.1) is 5.56 Å². The maximum absolute atomic E-state index is 13.5. The number of hydrogen-bond donors (Lipinski definition) is 2. The highest BCUT2D eigenvalue weighted by atomic mass is 19.4. The number of imide groups is 1. The van der Waals surface area contributed by atoms with Crippen LogP contribution in [-0.4, -0.2) is 34.6 Å². The van der Waals surface area contributed by atoms with Crippen molar-refractivity contribution < 1.29 is 36.7 Å². The molecule has 172 valence electrons. The Kier molecular flexibility index (Phi) is 5.64. The lowest BCUT2D eigenvalue weighted by molar-refractivity contribution is -0.140. The van der Waals surface area contributed by atoms with Gasteiger partial charge in [0.2, 0.25) is 11.8 Å². The number of nitrogens with one attached hydrogen (secondary N) is 2.